The topological polar surface area (TPSA) is 38.8 Å². The summed E-state index contributed by atoms with van der Waals surface area (Å²) < 4.78 is 11.3. The van der Waals surface area contributed by atoms with Gasteiger partial charge in [-0.3, -0.25) is 9.69 Å². The highest BCUT2D eigenvalue weighted by Crippen LogP contribution is 2.20. The van der Waals surface area contributed by atoms with E-state index in [9.17, 15) is 4.79 Å². The average Bonchev–Trinajstić information content (AvgIpc) is 2.90. The first kappa shape index (κ1) is 33.7. The molecule has 0 bridgehead atoms. The van der Waals surface area contributed by atoms with E-state index in [1.165, 1.54) is 89.9 Å². The van der Waals surface area contributed by atoms with Gasteiger partial charge in [0.1, 0.15) is 0 Å². The van der Waals surface area contributed by atoms with Crippen LogP contribution in [0.3, 0.4) is 0 Å². The molecule has 1 aliphatic rings. The second kappa shape index (κ2) is 25.0. The van der Waals surface area contributed by atoms with Crippen molar-refractivity contribution in [3.05, 3.63) is 0 Å². The maximum Gasteiger partial charge on any atom is 0.305 e. The number of rotatable bonds is 25. The van der Waals surface area contributed by atoms with Gasteiger partial charge in [0.2, 0.25) is 0 Å². The molecule has 5 heteroatoms. The molecule has 0 amide bonds. The van der Waals surface area contributed by atoms with Gasteiger partial charge in [0.15, 0.2) is 0 Å². The predicted octanol–water partition coefficient (Wildman–Crippen LogP) is 8.93. The van der Waals surface area contributed by atoms with Gasteiger partial charge in [-0.15, -0.1) is 11.6 Å². The molecule has 1 heterocycles. The van der Waals surface area contributed by atoms with Crippen molar-refractivity contribution >= 4 is 17.6 Å². The number of halogens is 1. The van der Waals surface area contributed by atoms with Crippen molar-refractivity contribution in [3.8, 4) is 0 Å². The summed E-state index contributed by atoms with van der Waals surface area (Å²) in [6, 6.07) is 0.609. The second-order valence-electron chi connectivity index (χ2n) is 11.0. The first-order valence-corrected chi connectivity index (χ1v) is 16.3. The summed E-state index contributed by atoms with van der Waals surface area (Å²) in [5.41, 5.74) is 0. The summed E-state index contributed by atoms with van der Waals surface area (Å²) >= 11 is 6.04. The summed E-state index contributed by atoms with van der Waals surface area (Å²) in [4.78, 5) is 15.0. The Bertz CT molecular complexity index is 468. The first-order chi connectivity index (χ1) is 17.7. The SMILES string of the molecule is CCCCCCCCC(CCCCCCCC)COC(=O)CCCCCN(CCCl)C1CCOCC1. The van der Waals surface area contributed by atoms with Gasteiger partial charge in [-0.05, 0) is 51.0 Å². The Labute approximate surface area is 229 Å². The van der Waals surface area contributed by atoms with Crippen LogP contribution in [0.1, 0.15) is 142 Å². The van der Waals surface area contributed by atoms with Crippen molar-refractivity contribution in [1.29, 1.82) is 0 Å². The van der Waals surface area contributed by atoms with Crippen LogP contribution in [-0.4, -0.2) is 55.7 Å². The molecule has 0 aromatic carbocycles. The monoisotopic (exact) mass is 529 g/mol. The lowest BCUT2D eigenvalue weighted by Gasteiger charge is -2.33. The Morgan fingerprint density at radius 3 is 1.94 bits per heavy atom. The van der Waals surface area contributed by atoms with Gasteiger partial charge in [0.25, 0.3) is 0 Å². The van der Waals surface area contributed by atoms with Crippen molar-refractivity contribution in [2.45, 2.75) is 148 Å². The molecular formula is C31H60ClNO3. The molecule has 4 nitrogen and oxygen atoms in total. The molecule has 0 spiro atoms. The Hall–Kier alpha value is -0.320. The van der Waals surface area contributed by atoms with Gasteiger partial charge in [-0.1, -0.05) is 97.3 Å². The van der Waals surface area contributed by atoms with E-state index in [2.05, 4.69) is 18.7 Å². The number of hydrogen-bond donors (Lipinski definition) is 0. The van der Waals surface area contributed by atoms with Crippen LogP contribution in [0.4, 0.5) is 0 Å². The summed E-state index contributed by atoms with van der Waals surface area (Å²) in [5.74, 6) is 1.24. The number of esters is 1. The molecule has 0 aromatic rings. The van der Waals surface area contributed by atoms with Crippen molar-refractivity contribution in [2.24, 2.45) is 5.92 Å². The molecule has 1 fully saturated rings. The highest BCUT2D eigenvalue weighted by molar-refractivity contribution is 6.18. The van der Waals surface area contributed by atoms with Gasteiger partial charge in [0.05, 0.1) is 6.61 Å². The second-order valence-corrected chi connectivity index (χ2v) is 11.4. The zero-order chi connectivity index (χ0) is 26.1. The fraction of sp³-hybridized carbons (Fsp3) is 0.968. The zero-order valence-electron chi connectivity index (χ0n) is 24.1. The van der Waals surface area contributed by atoms with Crippen LogP contribution in [0.25, 0.3) is 0 Å². The number of ether oxygens (including phenoxy) is 2. The van der Waals surface area contributed by atoms with Gasteiger partial charge in [0, 0.05) is 38.1 Å². The average molecular weight is 530 g/mol. The van der Waals surface area contributed by atoms with Crippen LogP contribution in [0.2, 0.25) is 0 Å². The minimum absolute atomic E-state index is 0.00735. The lowest BCUT2D eigenvalue weighted by Crippen LogP contribution is -2.41. The Morgan fingerprint density at radius 2 is 1.36 bits per heavy atom. The van der Waals surface area contributed by atoms with Crippen LogP contribution >= 0.6 is 11.6 Å². The van der Waals surface area contributed by atoms with E-state index in [1.807, 2.05) is 0 Å². The summed E-state index contributed by atoms with van der Waals surface area (Å²) in [7, 11) is 0. The number of hydrogen-bond acceptors (Lipinski definition) is 4. The summed E-state index contributed by atoms with van der Waals surface area (Å²) in [6.07, 6.45) is 24.4. The van der Waals surface area contributed by atoms with Crippen LogP contribution in [0.5, 0.6) is 0 Å². The molecule has 0 aliphatic carbocycles. The standard InChI is InChI=1S/C31H60ClNO3/c1-3-5-7-9-11-14-18-29(19-15-12-10-8-6-4-2)28-36-31(34)20-16-13-17-24-33(25-23-32)30-21-26-35-27-22-30/h29-30H,3-28H2,1-2H3. The molecule has 36 heavy (non-hydrogen) atoms. The highest BCUT2D eigenvalue weighted by Gasteiger charge is 2.20. The highest BCUT2D eigenvalue weighted by atomic mass is 35.5. The number of alkyl halides is 1. The fourth-order valence-corrected chi connectivity index (χ4v) is 5.63. The normalized spacial score (nSPS) is 14.7. The quantitative estimate of drug-likeness (QED) is 0.0671. The molecule has 0 aromatic heterocycles. The van der Waals surface area contributed by atoms with E-state index in [4.69, 9.17) is 21.1 Å². The minimum atomic E-state index is 0.00735. The molecule has 1 saturated heterocycles. The van der Waals surface area contributed by atoms with Gasteiger partial charge in [-0.25, -0.2) is 0 Å². The lowest BCUT2D eigenvalue weighted by molar-refractivity contribution is -0.145. The van der Waals surface area contributed by atoms with E-state index in [0.29, 0.717) is 30.9 Å². The van der Waals surface area contributed by atoms with Crippen molar-refractivity contribution in [3.63, 3.8) is 0 Å². The lowest BCUT2D eigenvalue weighted by atomic mass is 9.94. The molecule has 1 rings (SSSR count). The molecule has 0 atom stereocenters. The van der Waals surface area contributed by atoms with Crippen molar-refractivity contribution < 1.29 is 14.3 Å². The van der Waals surface area contributed by atoms with E-state index in [1.54, 1.807) is 0 Å². The smallest absolute Gasteiger partial charge is 0.305 e. The summed E-state index contributed by atoms with van der Waals surface area (Å²) in [5, 5.41) is 0. The molecular weight excluding hydrogens is 470 g/mol. The largest absolute Gasteiger partial charge is 0.465 e. The molecule has 0 N–H and O–H groups in total. The minimum Gasteiger partial charge on any atom is -0.465 e. The van der Waals surface area contributed by atoms with Crippen LogP contribution in [-0.2, 0) is 14.3 Å². The molecule has 1 aliphatic heterocycles. The maximum absolute atomic E-state index is 12.4. The van der Waals surface area contributed by atoms with Crippen molar-refractivity contribution in [2.75, 3.05) is 38.8 Å². The third-order valence-corrected chi connectivity index (χ3v) is 7.99. The fourth-order valence-electron chi connectivity index (χ4n) is 5.42. The van der Waals surface area contributed by atoms with Gasteiger partial charge < -0.3 is 9.47 Å². The number of carbonyl (C=O) groups is 1. The Kier molecular flexibility index (Phi) is 23.4. The van der Waals surface area contributed by atoms with E-state index < -0.39 is 0 Å². The molecule has 0 unspecified atom stereocenters. The molecule has 214 valence electrons. The van der Waals surface area contributed by atoms with E-state index in [0.717, 1.165) is 58.4 Å². The third-order valence-electron chi connectivity index (χ3n) is 7.82. The van der Waals surface area contributed by atoms with Crippen molar-refractivity contribution in [1.82, 2.24) is 4.90 Å². The van der Waals surface area contributed by atoms with E-state index in [-0.39, 0.29) is 5.97 Å². The van der Waals surface area contributed by atoms with Crippen LogP contribution in [0.15, 0.2) is 0 Å². The maximum atomic E-state index is 12.4. The number of unbranched alkanes of at least 4 members (excludes halogenated alkanes) is 12. The van der Waals surface area contributed by atoms with Crippen LogP contribution in [0, 0.1) is 5.92 Å². The number of carbonyl (C=O) groups excluding carboxylic acids is 1. The summed E-state index contributed by atoms with van der Waals surface area (Å²) in [6.45, 7) is 8.94. The zero-order valence-corrected chi connectivity index (χ0v) is 24.8. The van der Waals surface area contributed by atoms with Gasteiger partial charge >= 0.3 is 5.97 Å². The molecule has 0 saturated carbocycles. The van der Waals surface area contributed by atoms with Crippen LogP contribution < -0.4 is 0 Å². The predicted molar refractivity (Wildman–Crippen MR) is 155 cm³/mol. The number of nitrogens with zero attached hydrogens (tertiary/aromatic N) is 1. The van der Waals surface area contributed by atoms with E-state index >= 15 is 0 Å². The van der Waals surface area contributed by atoms with Gasteiger partial charge in [-0.2, -0.15) is 0 Å². The first-order valence-electron chi connectivity index (χ1n) is 15.7. The Morgan fingerprint density at radius 1 is 0.806 bits per heavy atom. The molecule has 0 radical (unpaired) electrons. The third kappa shape index (κ3) is 18.9. The Balaban J connectivity index is 2.22.